The predicted octanol–water partition coefficient (Wildman–Crippen LogP) is 3.39. The largest absolute Gasteiger partial charge is 0.393 e. The van der Waals surface area contributed by atoms with Crippen LogP contribution in [0.5, 0.6) is 0 Å². The number of allylic oxidation sites excluding steroid dienone is 1. The molecule has 0 aromatic heterocycles. The van der Waals surface area contributed by atoms with Gasteiger partial charge in [0.1, 0.15) is 0 Å². The van der Waals surface area contributed by atoms with Gasteiger partial charge in [-0.1, -0.05) is 32.9 Å². The summed E-state index contributed by atoms with van der Waals surface area (Å²) in [6.07, 6.45) is 4.88. The summed E-state index contributed by atoms with van der Waals surface area (Å²) in [5.41, 5.74) is 2.15. The first-order valence-corrected chi connectivity index (χ1v) is 6.77. The van der Waals surface area contributed by atoms with Gasteiger partial charge in [0.15, 0.2) is 0 Å². The van der Waals surface area contributed by atoms with Crippen molar-refractivity contribution in [2.24, 2.45) is 28.6 Å². The summed E-state index contributed by atoms with van der Waals surface area (Å²) >= 11 is 0. The van der Waals surface area contributed by atoms with Gasteiger partial charge in [-0.25, -0.2) is 0 Å². The molecule has 90 valence electrons. The van der Waals surface area contributed by atoms with Crippen LogP contribution in [0.4, 0.5) is 0 Å². The lowest BCUT2D eigenvalue weighted by Gasteiger charge is -2.48. The minimum Gasteiger partial charge on any atom is -0.393 e. The minimum absolute atomic E-state index is 0.0885. The molecule has 1 nitrogen and oxygen atoms in total. The normalized spacial score (nSPS) is 54.1. The van der Waals surface area contributed by atoms with E-state index in [0.717, 1.165) is 12.3 Å². The van der Waals surface area contributed by atoms with Crippen molar-refractivity contribution in [1.82, 2.24) is 0 Å². The molecule has 0 radical (unpaired) electrons. The molecule has 16 heavy (non-hydrogen) atoms. The molecular weight excluding hydrogens is 196 g/mol. The molecule has 3 aliphatic carbocycles. The third-order valence-corrected chi connectivity index (χ3v) is 6.51. The molecule has 0 aliphatic heterocycles. The Bertz CT molecular complexity index is 343. The molecule has 3 rings (SSSR count). The zero-order valence-corrected chi connectivity index (χ0v) is 10.8. The molecule has 0 aromatic rings. The van der Waals surface area contributed by atoms with E-state index in [2.05, 4.69) is 27.4 Å². The lowest BCUT2D eigenvalue weighted by atomic mass is 9.56. The molecule has 2 bridgehead atoms. The highest BCUT2D eigenvalue weighted by molar-refractivity contribution is 5.27. The number of hydrogen-bond acceptors (Lipinski definition) is 1. The molecule has 1 unspecified atom stereocenters. The van der Waals surface area contributed by atoms with Gasteiger partial charge in [0.05, 0.1) is 6.10 Å². The quantitative estimate of drug-likeness (QED) is 0.620. The first-order chi connectivity index (χ1) is 7.39. The fourth-order valence-corrected chi connectivity index (χ4v) is 5.03. The SMILES string of the molecule is C=C1[C@H]2C[C@@H](O)[C@H](C)[C@@]23CCC(C3)C1(C)C. The first kappa shape index (κ1) is 10.8. The Morgan fingerprint density at radius 1 is 1.38 bits per heavy atom. The second-order valence-corrected chi connectivity index (χ2v) is 7.06. The van der Waals surface area contributed by atoms with Crippen LogP contribution in [0.25, 0.3) is 0 Å². The summed E-state index contributed by atoms with van der Waals surface area (Å²) in [6.45, 7) is 11.4. The van der Waals surface area contributed by atoms with Crippen molar-refractivity contribution in [3.63, 3.8) is 0 Å². The molecule has 5 atom stereocenters. The summed E-state index contributed by atoms with van der Waals surface area (Å²) in [5, 5.41) is 10.2. The third-order valence-electron chi connectivity index (χ3n) is 6.51. The van der Waals surface area contributed by atoms with Crippen LogP contribution in [0.1, 0.15) is 46.5 Å². The summed E-state index contributed by atoms with van der Waals surface area (Å²) in [4.78, 5) is 0. The van der Waals surface area contributed by atoms with Crippen LogP contribution in [-0.4, -0.2) is 11.2 Å². The fraction of sp³-hybridized carbons (Fsp3) is 0.867. The Hall–Kier alpha value is -0.300. The topological polar surface area (TPSA) is 20.2 Å². The molecule has 0 heterocycles. The van der Waals surface area contributed by atoms with Gasteiger partial charge in [0, 0.05) is 0 Å². The van der Waals surface area contributed by atoms with Crippen LogP contribution in [0.2, 0.25) is 0 Å². The van der Waals surface area contributed by atoms with Gasteiger partial charge < -0.3 is 5.11 Å². The highest BCUT2D eigenvalue weighted by Crippen LogP contribution is 2.69. The monoisotopic (exact) mass is 220 g/mol. The van der Waals surface area contributed by atoms with Crippen molar-refractivity contribution >= 4 is 0 Å². The van der Waals surface area contributed by atoms with Gasteiger partial charge in [0.2, 0.25) is 0 Å². The van der Waals surface area contributed by atoms with Crippen LogP contribution in [0.15, 0.2) is 12.2 Å². The Labute approximate surface area is 98.9 Å². The third kappa shape index (κ3) is 1.01. The zero-order chi connectivity index (χ0) is 11.7. The number of rotatable bonds is 0. The van der Waals surface area contributed by atoms with Crippen LogP contribution in [-0.2, 0) is 0 Å². The van der Waals surface area contributed by atoms with Crippen molar-refractivity contribution in [1.29, 1.82) is 0 Å². The van der Waals surface area contributed by atoms with Gasteiger partial charge in [-0.2, -0.15) is 0 Å². The summed E-state index contributed by atoms with van der Waals surface area (Å²) < 4.78 is 0. The van der Waals surface area contributed by atoms with Crippen LogP contribution >= 0.6 is 0 Å². The Balaban J connectivity index is 2.07. The molecule has 1 heteroatoms. The van der Waals surface area contributed by atoms with E-state index in [1.165, 1.54) is 24.8 Å². The molecule has 3 saturated carbocycles. The highest BCUT2D eigenvalue weighted by Gasteiger charge is 2.63. The molecule has 0 aromatic carbocycles. The van der Waals surface area contributed by atoms with Gasteiger partial charge in [-0.15, -0.1) is 0 Å². The molecule has 0 saturated heterocycles. The number of aliphatic hydroxyl groups excluding tert-OH is 1. The first-order valence-electron chi connectivity index (χ1n) is 6.77. The minimum atomic E-state index is -0.0885. The van der Waals surface area contributed by atoms with E-state index in [-0.39, 0.29) is 6.10 Å². The van der Waals surface area contributed by atoms with Crippen molar-refractivity contribution in [2.75, 3.05) is 0 Å². The zero-order valence-electron chi connectivity index (χ0n) is 10.8. The van der Waals surface area contributed by atoms with Crippen LogP contribution in [0.3, 0.4) is 0 Å². The van der Waals surface area contributed by atoms with Gasteiger partial charge in [-0.3, -0.25) is 0 Å². The van der Waals surface area contributed by atoms with Crippen molar-refractivity contribution in [3.05, 3.63) is 12.2 Å². The van der Waals surface area contributed by atoms with Crippen molar-refractivity contribution in [3.8, 4) is 0 Å². The van der Waals surface area contributed by atoms with E-state index in [0.29, 0.717) is 22.7 Å². The second-order valence-electron chi connectivity index (χ2n) is 7.06. The standard InChI is InChI=1S/C15H24O/c1-9-12-7-13(16)10(2)15(12)6-5-11(8-15)14(9,3)4/h10-13,16H,1,5-8H2,2-4H3/t10-,11?,12+,13+,15-/m0/s1. The molecular formula is C15H24O. The van der Waals surface area contributed by atoms with E-state index in [9.17, 15) is 5.11 Å². The van der Waals surface area contributed by atoms with E-state index in [4.69, 9.17) is 0 Å². The molecule has 3 aliphatic rings. The molecule has 1 spiro atoms. The average molecular weight is 220 g/mol. The maximum atomic E-state index is 10.2. The Kier molecular flexibility index (Phi) is 1.98. The van der Waals surface area contributed by atoms with Gasteiger partial charge >= 0.3 is 0 Å². The van der Waals surface area contributed by atoms with E-state index in [1.54, 1.807) is 0 Å². The highest BCUT2D eigenvalue weighted by atomic mass is 16.3. The number of aliphatic hydroxyl groups is 1. The maximum absolute atomic E-state index is 10.2. The summed E-state index contributed by atoms with van der Waals surface area (Å²) in [6, 6.07) is 0. The second kappa shape index (κ2) is 2.93. The van der Waals surface area contributed by atoms with Crippen molar-refractivity contribution in [2.45, 2.75) is 52.6 Å². The summed E-state index contributed by atoms with van der Waals surface area (Å²) in [5.74, 6) is 1.88. The van der Waals surface area contributed by atoms with Crippen LogP contribution < -0.4 is 0 Å². The lowest BCUT2D eigenvalue weighted by Crippen LogP contribution is -2.40. The Morgan fingerprint density at radius 3 is 2.75 bits per heavy atom. The molecule has 3 fully saturated rings. The maximum Gasteiger partial charge on any atom is 0.0577 e. The van der Waals surface area contributed by atoms with E-state index < -0.39 is 0 Å². The van der Waals surface area contributed by atoms with E-state index in [1.807, 2.05) is 0 Å². The van der Waals surface area contributed by atoms with Crippen LogP contribution in [0, 0.1) is 28.6 Å². The molecule has 1 N–H and O–H groups in total. The number of fused-ring (bicyclic) bond motifs is 1. The smallest absolute Gasteiger partial charge is 0.0577 e. The number of hydrogen-bond donors (Lipinski definition) is 1. The lowest BCUT2D eigenvalue weighted by molar-refractivity contribution is 0.0587. The van der Waals surface area contributed by atoms with Crippen molar-refractivity contribution < 1.29 is 5.11 Å². The van der Waals surface area contributed by atoms with Gasteiger partial charge in [-0.05, 0) is 54.3 Å². The Morgan fingerprint density at radius 2 is 2.06 bits per heavy atom. The van der Waals surface area contributed by atoms with E-state index >= 15 is 0 Å². The van der Waals surface area contributed by atoms with Gasteiger partial charge in [0.25, 0.3) is 0 Å². The molecule has 0 amide bonds. The fourth-order valence-electron chi connectivity index (χ4n) is 5.03. The average Bonchev–Trinajstić information content (AvgIpc) is 2.75. The predicted molar refractivity (Wildman–Crippen MR) is 66.0 cm³/mol. The summed E-state index contributed by atoms with van der Waals surface area (Å²) in [7, 11) is 0.